The lowest BCUT2D eigenvalue weighted by Gasteiger charge is -2.27. The van der Waals surface area contributed by atoms with Crippen molar-refractivity contribution in [3.05, 3.63) is 23.8 Å². The summed E-state index contributed by atoms with van der Waals surface area (Å²) in [4.78, 5) is 14.4. The van der Waals surface area contributed by atoms with Crippen LogP contribution in [0.15, 0.2) is 18.2 Å². The van der Waals surface area contributed by atoms with Crippen molar-refractivity contribution >= 4 is 17.3 Å². The van der Waals surface area contributed by atoms with E-state index in [0.29, 0.717) is 5.69 Å². The molecule has 20 heavy (non-hydrogen) atoms. The molecule has 1 aromatic rings. The van der Waals surface area contributed by atoms with E-state index in [9.17, 15) is 18.0 Å². The molecular weight excluding hydrogens is 271 g/mol. The van der Waals surface area contributed by atoms with E-state index >= 15 is 0 Å². The first-order chi connectivity index (χ1) is 9.15. The molecule has 0 aliphatic rings. The van der Waals surface area contributed by atoms with Crippen molar-refractivity contribution in [2.45, 2.75) is 13.1 Å². The van der Waals surface area contributed by atoms with Gasteiger partial charge in [0.2, 0.25) is 0 Å². The standard InChI is InChI=1S/C13H18F3N3O/c1-4-19(8-13(14,15)16)11-7-9(17)5-6-10(11)12(20)18(2)3/h5-7H,4,8,17H2,1-3H3. The molecule has 0 aliphatic heterocycles. The van der Waals surface area contributed by atoms with E-state index in [1.54, 1.807) is 21.0 Å². The van der Waals surface area contributed by atoms with Crippen molar-refractivity contribution in [1.29, 1.82) is 0 Å². The fourth-order valence-corrected chi connectivity index (χ4v) is 1.82. The SMILES string of the molecule is CCN(CC(F)(F)F)c1cc(N)ccc1C(=O)N(C)C. The number of nitrogens with zero attached hydrogens (tertiary/aromatic N) is 2. The van der Waals surface area contributed by atoms with Gasteiger partial charge >= 0.3 is 6.18 Å². The van der Waals surface area contributed by atoms with Gasteiger partial charge in [0.05, 0.1) is 11.3 Å². The van der Waals surface area contributed by atoms with Gasteiger partial charge in [-0.25, -0.2) is 0 Å². The van der Waals surface area contributed by atoms with Crippen molar-refractivity contribution in [2.24, 2.45) is 0 Å². The number of carbonyl (C=O) groups excluding carboxylic acids is 1. The number of carbonyl (C=O) groups is 1. The number of amides is 1. The van der Waals surface area contributed by atoms with Gasteiger partial charge in [0.15, 0.2) is 0 Å². The van der Waals surface area contributed by atoms with Crippen molar-refractivity contribution in [3.63, 3.8) is 0 Å². The first kappa shape index (κ1) is 16.1. The van der Waals surface area contributed by atoms with Crippen molar-refractivity contribution in [3.8, 4) is 0 Å². The second-order valence-electron chi connectivity index (χ2n) is 4.61. The normalized spacial score (nSPS) is 11.3. The Kier molecular flexibility index (Phi) is 4.86. The Morgan fingerprint density at radius 2 is 1.90 bits per heavy atom. The number of halogens is 3. The molecule has 1 amide bonds. The molecule has 0 unspecified atom stereocenters. The van der Waals surface area contributed by atoms with E-state index in [4.69, 9.17) is 5.73 Å². The second kappa shape index (κ2) is 6.02. The largest absolute Gasteiger partial charge is 0.405 e. The summed E-state index contributed by atoms with van der Waals surface area (Å²) in [6.45, 7) is 0.593. The summed E-state index contributed by atoms with van der Waals surface area (Å²) >= 11 is 0. The van der Waals surface area contributed by atoms with Crippen LogP contribution in [-0.2, 0) is 0 Å². The van der Waals surface area contributed by atoms with Gasteiger partial charge in [-0.05, 0) is 25.1 Å². The van der Waals surface area contributed by atoms with Gasteiger partial charge < -0.3 is 15.5 Å². The van der Waals surface area contributed by atoms with Crippen molar-refractivity contribution in [1.82, 2.24) is 4.90 Å². The summed E-state index contributed by atoms with van der Waals surface area (Å²) < 4.78 is 37.8. The van der Waals surface area contributed by atoms with Gasteiger partial charge in [0.25, 0.3) is 5.91 Å². The summed E-state index contributed by atoms with van der Waals surface area (Å²) in [7, 11) is 3.09. The molecule has 0 bridgehead atoms. The smallest absolute Gasteiger partial charge is 0.399 e. The van der Waals surface area contributed by atoms with E-state index in [-0.39, 0.29) is 23.7 Å². The number of alkyl halides is 3. The Hall–Kier alpha value is -1.92. The monoisotopic (exact) mass is 289 g/mol. The third-order valence-electron chi connectivity index (χ3n) is 2.75. The van der Waals surface area contributed by atoms with Crippen LogP contribution in [0.5, 0.6) is 0 Å². The molecule has 1 rings (SSSR count). The average Bonchev–Trinajstić information content (AvgIpc) is 2.33. The Morgan fingerprint density at radius 1 is 1.30 bits per heavy atom. The van der Waals surface area contributed by atoms with Gasteiger partial charge in [-0.15, -0.1) is 0 Å². The van der Waals surface area contributed by atoms with Crippen LogP contribution in [0, 0.1) is 0 Å². The first-order valence-corrected chi connectivity index (χ1v) is 6.08. The lowest BCUT2D eigenvalue weighted by Crippen LogP contribution is -2.36. The maximum atomic E-state index is 12.6. The molecular formula is C13H18F3N3O. The summed E-state index contributed by atoms with van der Waals surface area (Å²) in [5.74, 6) is -0.361. The minimum Gasteiger partial charge on any atom is -0.399 e. The van der Waals surface area contributed by atoms with Crippen LogP contribution in [0.3, 0.4) is 0 Å². The molecule has 0 atom stereocenters. The summed E-state index contributed by atoms with van der Waals surface area (Å²) in [5.41, 5.74) is 6.34. The Labute approximate surface area is 116 Å². The van der Waals surface area contributed by atoms with Crippen LogP contribution < -0.4 is 10.6 Å². The van der Waals surface area contributed by atoms with Crippen LogP contribution in [0.25, 0.3) is 0 Å². The Bertz CT molecular complexity index is 486. The van der Waals surface area contributed by atoms with Crippen LogP contribution in [-0.4, -0.2) is 44.2 Å². The van der Waals surface area contributed by atoms with E-state index in [2.05, 4.69) is 0 Å². The molecule has 0 radical (unpaired) electrons. The number of nitrogens with two attached hydrogens (primary N) is 1. The van der Waals surface area contributed by atoms with Gasteiger partial charge in [0, 0.05) is 26.3 Å². The van der Waals surface area contributed by atoms with Crippen LogP contribution in [0.2, 0.25) is 0 Å². The van der Waals surface area contributed by atoms with Crippen LogP contribution in [0.1, 0.15) is 17.3 Å². The minimum absolute atomic E-state index is 0.122. The number of nitrogen functional groups attached to an aromatic ring is 1. The maximum absolute atomic E-state index is 12.6. The van der Waals surface area contributed by atoms with Gasteiger partial charge in [0.1, 0.15) is 6.54 Å². The molecule has 0 saturated heterocycles. The molecule has 0 aromatic heterocycles. The lowest BCUT2D eigenvalue weighted by molar-refractivity contribution is -0.119. The lowest BCUT2D eigenvalue weighted by atomic mass is 10.1. The number of benzene rings is 1. The summed E-state index contributed by atoms with van der Waals surface area (Å²) in [5, 5.41) is 0. The predicted molar refractivity (Wildman–Crippen MR) is 72.8 cm³/mol. The minimum atomic E-state index is -4.35. The molecule has 0 spiro atoms. The molecule has 2 N–H and O–H groups in total. The van der Waals surface area contributed by atoms with E-state index in [0.717, 1.165) is 4.90 Å². The third kappa shape index (κ3) is 4.04. The average molecular weight is 289 g/mol. The number of hydrogen-bond donors (Lipinski definition) is 1. The second-order valence-corrected chi connectivity index (χ2v) is 4.61. The molecule has 0 aliphatic carbocycles. The molecule has 4 nitrogen and oxygen atoms in total. The van der Waals surface area contributed by atoms with E-state index < -0.39 is 12.7 Å². The van der Waals surface area contributed by atoms with Crippen LogP contribution >= 0.6 is 0 Å². The molecule has 112 valence electrons. The van der Waals surface area contributed by atoms with E-state index in [1.807, 2.05) is 0 Å². The van der Waals surface area contributed by atoms with E-state index in [1.165, 1.54) is 23.1 Å². The van der Waals surface area contributed by atoms with Gasteiger partial charge in [-0.3, -0.25) is 4.79 Å². The van der Waals surface area contributed by atoms with Gasteiger partial charge in [-0.2, -0.15) is 13.2 Å². The number of anilines is 2. The Balaban J connectivity index is 3.26. The third-order valence-corrected chi connectivity index (χ3v) is 2.75. The van der Waals surface area contributed by atoms with Crippen molar-refractivity contribution in [2.75, 3.05) is 37.8 Å². The highest BCUT2D eigenvalue weighted by molar-refractivity contribution is 6.00. The topological polar surface area (TPSA) is 49.6 Å². The fourth-order valence-electron chi connectivity index (χ4n) is 1.82. The molecule has 0 saturated carbocycles. The summed E-state index contributed by atoms with van der Waals surface area (Å²) in [6, 6.07) is 4.35. The molecule has 7 heteroatoms. The zero-order chi connectivity index (χ0) is 15.5. The predicted octanol–water partition coefficient (Wildman–Crippen LogP) is 2.36. The highest BCUT2D eigenvalue weighted by atomic mass is 19.4. The van der Waals surface area contributed by atoms with Gasteiger partial charge in [-0.1, -0.05) is 0 Å². The number of hydrogen-bond acceptors (Lipinski definition) is 3. The first-order valence-electron chi connectivity index (χ1n) is 6.08. The highest BCUT2D eigenvalue weighted by Gasteiger charge is 2.31. The zero-order valence-electron chi connectivity index (χ0n) is 11.7. The Morgan fingerprint density at radius 3 is 2.35 bits per heavy atom. The summed E-state index contributed by atoms with van der Waals surface area (Å²) in [6.07, 6.45) is -4.35. The molecule has 0 heterocycles. The fraction of sp³-hybridized carbons (Fsp3) is 0.462. The highest BCUT2D eigenvalue weighted by Crippen LogP contribution is 2.28. The van der Waals surface area contributed by atoms with Crippen molar-refractivity contribution < 1.29 is 18.0 Å². The quantitative estimate of drug-likeness (QED) is 0.866. The maximum Gasteiger partial charge on any atom is 0.405 e. The molecule has 1 aromatic carbocycles. The van der Waals surface area contributed by atoms with Crippen LogP contribution in [0.4, 0.5) is 24.5 Å². The number of rotatable bonds is 4. The molecule has 0 fully saturated rings. The zero-order valence-corrected chi connectivity index (χ0v) is 11.7.